The summed E-state index contributed by atoms with van der Waals surface area (Å²) in [7, 11) is 1.67. The van der Waals surface area contributed by atoms with Gasteiger partial charge in [-0.2, -0.15) is 0 Å². The molecule has 0 saturated heterocycles. The average Bonchev–Trinajstić information content (AvgIpc) is 3.16. The van der Waals surface area contributed by atoms with Crippen LogP contribution in [0.3, 0.4) is 0 Å². The van der Waals surface area contributed by atoms with Crippen molar-refractivity contribution in [2.75, 3.05) is 25.2 Å². The van der Waals surface area contributed by atoms with Crippen molar-refractivity contribution in [1.82, 2.24) is 0 Å². The van der Waals surface area contributed by atoms with E-state index in [1.165, 1.54) is 12.5 Å². The third kappa shape index (κ3) is 11.8. The molecular weight excluding hydrogens is 650 g/mol. The van der Waals surface area contributed by atoms with Crippen LogP contribution < -0.4 is 14.4 Å². The molecular formula is C45H45NO6. The lowest BCUT2D eigenvalue weighted by Gasteiger charge is -2.26. The fourth-order valence-corrected chi connectivity index (χ4v) is 5.45. The van der Waals surface area contributed by atoms with Gasteiger partial charge in [-0.25, -0.2) is 4.79 Å². The van der Waals surface area contributed by atoms with E-state index in [0.29, 0.717) is 12.4 Å². The number of esters is 1. The van der Waals surface area contributed by atoms with Crippen LogP contribution in [0.1, 0.15) is 60.4 Å². The Morgan fingerprint density at radius 1 is 0.558 bits per heavy atom. The van der Waals surface area contributed by atoms with Crippen LogP contribution in [-0.4, -0.2) is 32.4 Å². The summed E-state index contributed by atoms with van der Waals surface area (Å²) in [5.41, 5.74) is 8.51. The zero-order valence-corrected chi connectivity index (χ0v) is 30.0. The number of carbonyl (C=O) groups is 2. The third-order valence-corrected chi connectivity index (χ3v) is 8.27. The van der Waals surface area contributed by atoms with Gasteiger partial charge in [0.05, 0.1) is 20.3 Å². The van der Waals surface area contributed by atoms with Gasteiger partial charge in [0.15, 0.2) is 0 Å². The van der Waals surface area contributed by atoms with E-state index in [-0.39, 0.29) is 12.6 Å². The van der Waals surface area contributed by atoms with Gasteiger partial charge in [-0.3, -0.25) is 4.79 Å². The van der Waals surface area contributed by atoms with Gasteiger partial charge in [-0.15, -0.1) is 0 Å². The summed E-state index contributed by atoms with van der Waals surface area (Å²) in [6.07, 6.45) is 10.8. The molecule has 0 amide bonds. The second kappa shape index (κ2) is 19.3. The van der Waals surface area contributed by atoms with Crippen LogP contribution in [0, 0.1) is 6.92 Å². The quantitative estimate of drug-likeness (QED) is 0.0440. The molecule has 0 spiro atoms. The van der Waals surface area contributed by atoms with Crippen molar-refractivity contribution in [2.24, 2.45) is 0 Å². The largest absolute Gasteiger partial charge is 0.513 e. The Hall–Kier alpha value is -6.08. The molecule has 0 N–H and O–H groups in total. The summed E-state index contributed by atoms with van der Waals surface area (Å²) in [5, 5.41) is 0. The minimum absolute atomic E-state index is 0.268. The minimum Gasteiger partial charge on any atom is -0.497 e. The lowest BCUT2D eigenvalue weighted by molar-refractivity contribution is -0.141. The molecule has 7 nitrogen and oxygen atoms in total. The van der Waals surface area contributed by atoms with Crippen LogP contribution in [-0.2, 0) is 14.3 Å². The van der Waals surface area contributed by atoms with E-state index in [9.17, 15) is 9.59 Å². The van der Waals surface area contributed by atoms with Crippen LogP contribution in [0.25, 0.3) is 24.3 Å². The summed E-state index contributed by atoms with van der Waals surface area (Å²) in [5.74, 6) is 0.989. The van der Waals surface area contributed by atoms with Gasteiger partial charge < -0.3 is 23.8 Å². The van der Waals surface area contributed by atoms with Crippen LogP contribution >= 0.6 is 0 Å². The van der Waals surface area contributed by atoms with Crippen LogP contribution in [0.2, 0.25) is 0 Å². The number of carbonyl (C=O) groups excluding carboxylic acids is 2. The van der Waals surface area contributed by atoms with Gasteiger partial charge in [-0.1, -0.05) is 90.5 Å². The third-order valence-electron chi connectivity index (χ3n) is 8.27. The van der Waals surface area contributed by atoms with E-state index in [1.807, 2.05) is 48.6 Å². The molecule has 7 heteroatoms. The zero-order chi connectivity index (χ0) is 36.5. The van der Waals surface area contributed by atoms with E-state index >= 15 is 0 Å². The van der Waals surface area contributed by atoms with Gasteiger partial charge in [0, 0.05) is 24.0 Å². The molecule has 0 atom stereocenters. The normalized spacial score (nSPS) is 11.1. The molecule has 266 valence electrons. The van der Waals surface area contributed by atoms with E-state index in [1.54, 1.807) is 19.2 Å². The predicted octanol–water partition coefficient (Wildman–Crippen LogP) is 11.5. The van der Waals surface area contributed by atoms with Crippen LogP contribution in [0.4, 0.5) is 21.9 Å². The second-order valence-electron chi connectivity index (χ2n) is 12.3. The summed E-state index contributed by atoms with van der Waals surface area (Å²) in [6.45, 7) is 4.19. The van der Waals surface area contributed by atoms with Crippen LogP contribution in [0.5, 0.6) is 11.5 Å². The van der Waals surface area contributed by atoms with Crippen molar-refractivity contribution in [3.8, 4) is 11.5 Å². The molecule has 0 aliphatic carbocycles. The molecule has 0 bridgehead atoms. The first-order valence-corrected chi connectivity index (χ1v) is 17.5. The van der Waals surface area contributed by atoms with Gasteiger partial charge >= 0.3 is 12.1 Å². The molecule has 0 fully saturated rings. The van der Waals surface area contributed by atoms with E-state index in [0.717, 1.165) is 70.7 Å². The number of rotatable bonds is 16. The van der Waals surface area contributed by atoms with Crippen LogP contribution in [0.15, 0.2) is 121 Å². The molecule has 5 aromatic rings. The Labute approximate surface area is 306 Å². The zero-order valence-electron chi connectivity index (χ0n) is 30.0. The van der Waals surface area contributed by atoms with E-state index in [2.05, 4.69) is 96.8 Å². The Morgan fingerprint density at radius 2 is 1.04 bits per heavy atom. The molecule has 0 radical (unpaired) electrons. The second-order valence-corrected chi connectivity index (χ2v) is 12.3. The molecule has 52 heavy (non-hydrogen) atoms. The molecule has 0 unspecified atom stereocenters. The van der Waals surface area contributed by atoms with Crippen molar-refractivity contribution in [2.45, 2.75) is 39.5 Å². The van der Waals surface area contributed by atoms with Crippen molar-refractivity contribution < 1.29 is 28.5 Å². The SMILES string of the molecule is COc1ccc(/C=C/c2ccc(N(c3ccc(C)cc3)c3ccc(/C=C/c4cccc(OC(=O)OCCCCCCOC(C)=O)c4)cc3)cc2)cc1. The number of nitrogens with zero attached hydrogens (tertiary/aromatic N) is 1. The highest BCUT2D eigenvalue weighted by Crippen LogP contribution is 2.35. The standard InChI is InChI=1S/C45H45NO6/c1-34-11-23-40(24-12-34)46(41-25-17-36(18-26-41)13-14-38-21-29-43(49-3)30-22-38)42-27-19-37(20-28-42)15-16-39-9-8-10-44(33-39)52-45(48)51-32-7-5-4-6-31-50-35(2)47/h8-30,33H,4-7,31-32H2,1-3H3/b14-13+,16-15+. The highest BCUT2D eigenvalue weighted by molar-refractivity contribution is 5.79. The Balaban J connectivity index is 1.19. The number of aryl methyl sites for hydroxylation is 1. The maximum Gasteiger partial charge on any atom is 0.513 e. The molecule has 0 aliphatic rings. The Bertz CT molecular complexity index is 1930. The first-order chi connectivity index (χ1) is 25.4. The molecule has 5 rings (SSSR count). The maximum atomic E-state index is 12.2. The number of anilines is 3. The summed E-state index contributed by atoms with van der Waals surface area (Å²) in [6, 6.07) is 40.8. The minimum atomic E-state index is -0.727. The highest BCUT2D eigenvalue weighted by atomic mass is 16.7. The first kappa shape index (κ1) is 37.2. The van der Waals surface area contributed by atoms with Crippen molar-refractivity contribution >= 4 is 53.5 Å². The molecule has 0 saturated carbocycles. The average molecular weight is 696 g/mol. The number of hydrogen-bond acceptors (Lipinski definition) is 7. The van der Waals surface area contributed by atoms with Crippen molar-refractivity contribution in [3.05, 3.63) is 149 Å². The van der Waals surface area contributed by atoms with Gasteiger partial charge in [-0.05, 0) is 116 Å². The van der Waals surface area contributed by atoms with Crippen molar-refractivity contribution in [1.29, 1.82) is 0 Å². The fraction of sp³-hybridized carbons (Fsp3) is 0.200. The number of hydrogen-bond donors (Lipinski definition) is 0. The monoisotopic (exact) mass is 695 g/mol. The topological polar surface area (TPSA) is 74.3 Å². The lowest BCUT2D eigenvalue weighted by atomic mass is 10.1. The summed E-state index contributed by atoms with van der Waals surface area (Å²) < 4.78 is 20.8. The highest BCUT2D eigenvalue weighted by Gasteiger charge is 2.12. The lowest BCUT2D eigenvalue weighted by Crippen LogP contribution is -2.11. The number of ether oxygens (including phenoxy) is 4. The molecule has 5 aromatic carbocycles. The Morgan fingerprint density at radius 3 is 1.56 bits per heavy atom. The van der Waals surface area contributed by atoms with E-state index < -0.39 is 6.16 Å². The summed E-state index contributed by atoms with van der Waals surface area (Å²) in [4.78, 5) is 25.3. The molecule has 0 aromatic heterocycles. The molecule has 0 aliphatic heterocycles. The predicted molar refractivity (Wildman–Crippen MR) is 210 cm³/mol. The number of methoxy groups -OCH3 is 1. The van der Waals surface area contributed by atoms with Crippen molar-refractivity contribution in [3.63, 3.8) is 0 Å². The number of unbranched alkanes of at least 4 members (excludes halogenated alkanes) is 3. The van der Waals surface area contributed by atoms with E-state index in [4.69, 9.17) is 18.9 Å². The molecule has 0 heterocycles. The Kier molecular flexibility index (Phi) is 13.8. The maximum absolute atomic E-state index is 12.2. The van der Waals surface area contributed by atoms with Gasteiger partial charge in [0.2, 0.25) is 0 Å². The van der Waals surface area contributed by atoms with Gasteiger partial charge in [0.1, 0.15) is 11.5 Å². The van der Waals surface area contributed by atoms with Gasteiger partial charge in [0.25, 0.3) is 0 Å². The first-order valence-electron chi connectivity index (χ1n) is 17.5. The fourth-order valence-electron chi connectivity index (χ4n) is 5.45. The smallest absolute Gasteiger partial charge is 0.497 e. The summed E-state index contributed by atoms with van der Waals surface area (Å²) >= 11 is 0. The number of benzene rings is 5.